The van der Waals surface area contributed by atoms with Gasteiger partial charge in [-0.05, 0) is 25.1 Å². The van der Waals surface area contributed by atoms with Crippen LogP contribution in [0.1, 0.15) is 24.9 Å². The molecule has 1 aliphatic heterocycles. The highest BCUT2D eigenvalue weighted by Crippen LogP contribution is 2.22. The summed E-state index contributed by atoms with van der Waals surface area (Å²) in [5, 5.41) is 6.00. The molecule has 1 heterocycles. The number of hydrogen-bond donors (Lipinski definition) is 2. The smallest absolute Gasteiger partial charge is 0.221 e. The maximum atomic E-state index is 13.6. The molecule has 3 nitrogen and oxygen atoms in total. The summed E-state index contributed by atoms with van der Waals surface area (Å²) >= 11 is 3.33. The Morgan fingerprint density at radius 3 is 3.00 bits per heavy atom. The zero-order valence-electron chi connectivity index (χ0n) is 9.47. The van der Waals surface area contributed by atoms with E-state index in [0.717, 1.165) is 4.47 Å². The summed E-state index contributed by atoms with van der Waals surface area (Å²) in [6.45, 7) is 2.51. The zero-order valence-corrected chi connectivity index (χ0v) is 11.1. The van der Waals surface area contributed by atoms with Gasteiger partial charge >= 0.3 is 0 Å². The number of rotatable bonds is 3. The van der Waals surface area contributed by atoms with Gasteiger partial charge in [0.15, 0.2) is 0 Å². The highest BCUT2D eigenvalue weighted by atomic mass is 79.9. The van der Waals surface area contributed by atoms with E-state index >= 15 is 0 Å². The lowest BCUT2D eigenvalue weighted by atomic mass is 10.1. The van der Waals surface area contributed by atoms with Crippen LogP contribution >= 0.6 is 15.9 Å². The molecule has 0 aromatic heterocycles. The van der Waals surface area contributed by atoms with Crippen LogP contribution in [0.15, 0.2) is 22.7 Å². The zero-order chi connectivity index (χ0) is 12.4. The quantitative estimate of drug-likeness (QED) is 0.898. The van der Waals surface area contributed by atoms with Crippen molar-refractivity contribution in [3.63, 3.8) is 0 Å². The fraction of sp³-hybridized carbons (Fsp3) is 0.417. The normalized spacial score (nSPS) is 21.4. The number of carbonyl (C=O) groups excluding carboxylic acids is 1. The number of nitrogens with one attached hydrogen (secondary N) is 2. The maximum absolute atomic E-state index is 13.6. The summed E-state index contributed by atoms with van der Waals surface area (Å²) in [4.78, 5) is 11.1. The van der Waals surface area contributed by atoms with Crippen LogP contribution in [0.4, 0.5) is 4.39 Å². The number of halogens is 2. The Hall–Kier alpha value is -0.940. The largest absolute Gasteiger partial charge is 0.354 e. The fourth-order valence-corrected chi connectivity index (χ4v) is 2.39. The van der Waals surface area contributed by atoms with Gasteiger partial charge in [-0.2, -0.15) is 0 Å². The standard InChI is InChI=1S/C12H14BrFN2O/c1-7(16-9-5-12(17)15-6-9)10-4-8(13)2-3-11(10)14/h2-4,7,9,16H,5-6H2,1H3,(H,15,17). The molecule has 0 aliphatic carbocycles. The Balaban J connectivity index is 2.06. The van der Waals surface area contributed by atoms with Gasteiger partial charge in [0.1, 0.15) is 5.82 Å². The van der Waals surface area contributed by atoms with E-state index in [1.807, 2.05) is 6.92 Å². The van der Waals surface area contributed by atoms with Crippen molar-refractivity contribution in [2.45, 2.75) is 25.4 Å². The van der Waals surface area contributed by atoms with Crippen molar-refractivity contribution in [3.8, 4) is 0 Å². The monoisotopic (exact) mass is 300 g/mol. The molecule has 2 unspecified atom stereocenters. The minimum Gasteiger partial charge on any atom is -0.354 e. The van der Waals surface area contributed by atoms with Gasteiger partial charge in [-0.3, -0.25) is 4.79 Å². The number of amides is 1. The molecule has 5 heteroatoms. The number of benzene rings is 1. The van der Waals surface area contributed by atoms with Crippen LogP contribution in [0.3, 0.4) is 0 Å². The van der Waals surface area contributed by atoms with Crippen molar-refractivity contribution < 1.29 is 9.18 Å². The van der Waals surface area contributed by atoms with Gasteiger partial charge in [0.05, 0.1) is 0 Å². The van der Waals surface area contributed by atoms with E-state index in [0.29, 0.717) is 18.5 Å². The Bertz CT molecular complexity index is 439. The van der Waals surface area contributed by atoms with Gasteiger partial charge in [-0.15, -0.1) is 0 Å². The van der Waals surface area contributed by atoms with Gasteiger partial charge < -0.3 is 10.6 Å². The lowest BCUT2D eigenvalue weighted by Crippen LogP contribution is -2.33. The fourth-order valence-electron chi connectivity index (χ4n) is 2.01. The molecule has 1 fully saturated rings. The molecule has 0 saturated carbocycles. The molecule has 1 aromatic rings. The van der Waals surface area contributed by atoms with Crippen molar-refractivity contribution >= 4 is 21.8 Å². The summed E-state index contributed by atoms with van der Waals surface area (Å²) in [7, 11) is 0. The summed E-state index contributed by atoms with van der Waals surface area (Å²) < 4.78 is 14.5. The molecule has 1 amide bonds. The summed E-state index contributed by atoms with van der Waals surface area (Å²) in [6.07, 6.45) is 0.458. The maximum Gasteiger partial charge on any atom is 0.221 e. The summed E-state index contributed by atoms with van der Waals surface area (Å²) in [6, 6.07) is 4.83. The molecule has 2 N–H and O–H groups in total. The first-order chi connectivity index (χ1) is 8.06. The molecular formula is C12H14BrFN2O. The van der Waals surface area contributed by atoms with Crippen LogP contribution in [0, 0.1) is 5.82 Å². The molecule has 0 bridgehead atoms. The Morgan fingerprint density at radius 1 is 1.59 bits per heavy atom. The average molecular weight is 301 g/mol. The third-order valence-electron chi connectivity index (χ3n) is 2.89. The molecule has 1 aromatic carbocycles. The molecule has 0 spiro atoms. The molecule has 2 atom stereocenters. The second-order valence-electron chi connectivity index (χ2n) is 4.26. The van der Waals surface area contributed by atoms with E-state index in [1.165, 1.54) is 6.07 Å². The molecule has 1 aliphatic rings. The van der Waals surface area contributed by atoms with Crippen LogP contribution in [0.2, 0.25) is 0 Å². The van der Waals surface area contributed by atoms with Crippen molar-refractivity contribution in [1.82, 2.24) is 10.6 Å². The second kappa shape index (κ2) is 5.14. The van der Waals surface area contributed by atoms with E-state index in [4.69, 9.17) is 0 Å². The van der Waals surface area contributed by atoms with Crippen LogP contribution in [0.25, 0.3) is 0 Å². The lowest BCUT2D eigenvalue weighted by Gasteiger charge is -2.19. The van der Waals surface area contributed by atoms with Crippen LogP contribution in [-0.4, -0.2) is 18.5 Å². The topological polar surface area (TPSA) is 41.1 Å². The van der Waals surface area contributed by atoms with E-state index in [9.17, 15) is 9.18 Å². The van der Waals surface area contributed by atoms with Crippen molar-refractivity contribution in [2.75, 3.05) is 6.54 Å². The van der Waals surface area contributed by atoms with Crippen molar-refractivity contribution in [3.05, 3.63) is 34.1 Å². The van der Waals surface area contributed by atoms with Gasteiger partial charge in [-0.25, -0.2) is 4.39 Å². The third kappa shape index (κ3) is 3.04. The highest BCUT2D eigenvalue weighted by Gasteiger charge is 2.23. The second-order valence-corrected chi connectivity index (χ2v) is 5.17. The number of carbonyl (C=O) groups is 1. The van der Waals surface area contributed by atoms with Crippen LogP contribution in [-0.2, 0) is 4.79 Å². The molecular weight excluding hydrogens is 287 g/mol. The predicted octanol–water partition coefficient (Wildman–Crippen LogP) is 2.13. The molecule has 17 heavy (non-hydrogen) atoms. The molecule has 2 rings (SSSR count). The SMILES string of the molecule is CC(NC1CNC(=O)C1)c1cc(Br)ccc1F. The lowest BCUT2D eigenvalue weighted by molar-refractivity contribution is -0.119. The summed E-state index contributed by atoms with van der Waals surface area (Å²) in [5.41, 5.74) is 0.610. The molecule has 0 radical (unpaired) electrons. The average Bonchev–Trinajstić information content (AvgIpc) is 2.67. The number of hydrogen-bond acceptors (Lipinski definition) is 2. The highest BCUT2D eigenvalue weighted by molar-refractivity contribution is 9.10. The van der Waals surface area contributed by atoms with Crippen molar-refractivity contribution in [1.29, 1.82) is 0 Å². The van der Waals surface area contributed by atoms with Gasteiger partial charge in [0.25, 0.3) is 0 Å². The van der Waals surface area contributed by atoms with E-state index in [-0.39, 0.29) is 23.8 Å². The minimum absolute atomic E-state index is 0.0458. The summed E-state index contributed by atoms with van der Waals surface area (Å²) in [5.74, 6) is -0.185. The Labute approximate surface area is 108 Å². The van der Waals surface area contributed by atoms with Gasteiger partial charge in [0, 0.05) is 35.1 Å². The van der Waals surface area contributed by atoms with Gasteiger partial charge in [0.2, 0.25) is 5.91 Å². The first kappa shape index (κ1) is 12.5. The van der Waals surface area contributed by atoms with Gasteiger partial charge in [-0.1, -0.05) is 15.9 Å². The van der Waals surface area contributed by atoms with E-state index in [2.05, 4.69) is 26.6 Å². The Kier molecular flexibility index (Phi) is 3.79. The molecule has 1 saturated heterocycles. The van der Waals surface area contributed by atoms with Crippen LogP contribution < -0.4 is 10.6 Å². The van der Waals surface area contributed by atoms with E-state index < -0.39 is 0 Å². The third-order valence-corrected chi connectivity index (χ3v) is 3.38. The first-order valence-electron chi connectivity index (χ1n) is 5.54. The minimum atomic E-state index is -0.231. The predicted molar refractivity (Wildman–Crippen MR) is 67.1 cm³/mol. The van der Waals surface area contributed by atoms with Crippen LogP contribution in [0.5, 0.6) is 0 Å². The Morgan fingerprint density at radius 2 is 2.35 bits per heavy atom. The first-order valence-corrected chi connectivity index (χ1v) is 6.33. The van der Waals surface area contributed by atoms with E-state index in [1.54, 1.807) is 12.1 Å². The van der Waals surface area contributed by atoms with Crippen molar-refractivity contribution in [2.24, 2.45) is 0 Å². The molecule has 92 valence electrons.